The lowest BCUT2D eigenvalue weighted by Crippen LogP contribution is -1.79. The molecule has 0 saturated heterocycles. The second kappa shape index (κ2) is 2.30. The van der Waals surface area contributed by atoms with Crippen LogP contribution in [0.3, 0.4) is 0 Å². The summed E-state index contributed by atoms with van der Waals surface area (Å²) in [4.78, 5) is 0. The molecular formula is C7H4BrFN2. The minimum atomic E-state index is -0.238. The van der Waals surface area contributed by atoms with Crippen LogP contribution >= 0.6 is 16.1 Å². The molecule has 0 atom stereocenters. The first kappa shape index (κ1) is 6.79. The second-order valence-corrected chi connectivity index (χ2v) is 2.88. The minimum absolute atomic E-state index is 0.238. The molecule has 0 N–H and O–H groups in total. The first-order chi connectivity index (χ1) is 5.27. The fraction of sp³-hybridized carbons (Fsp3) is 0. The maximum Gasteiger partial charge on any atom is 0.124 e. The Balaban J connectivity index is 2.86. The van der Waals surface area contributed by atoms with E-state index in [9.17, 15) is 4.39 Å². The van der Waals surface area contributed by atoms with Gasteiger partial charge in [-0.3, -0.25) is 0 Å². The molecule has 2 nitrogen and oxygen atoms in total. The first-order valence-corrected chi connectivity index (χ1v) is 3.78. The first-order valence-electron chi connectivity index (χ1n) is 3.07. The van der Waals surface area contributed by atoms with Crippen LogP contribution in [-0.2, 0) is 0 Å². The van der Waals surface area contributed by atoms with E-state index in [1.165, 1.54) is 15.8 Å². The zero-order valence-electron chi connectivity index (χ0n) is 5.46. The molecule has 4 heteroatoms. The standard InChI is InChI=1S/C7H4BrFN2/c8-11-7-2-1-6(9)3-5(7)4-10-11/h1-4H. The van der Waals surface area contributed by atoms with Crippen molar-refractivity contribution in [2.75, 3.05) is 0 Å². The fourth-order valence-electron chi connectivity index (χ4n) is 0.972. The van der Waals surface area contributed by atoms with Crippen molar-refractivity contribution in [1.29, 1.82) is 0 Å². The van der Waals surface area contributed by atoms with E-state index >= 15 is 0 Å². The molecule has 0 aliphatic rings. The summed E-state index contributed by atoms with van der Waals surface area (Å²) < 4.78 is 14.1. The van der Waals surface area contributed by atoms with Gasteiger partial charge in [0.2, 0.25) is 0 Å². The molecule has 0 bridgehead atoms. The molecule has 0 radical (unpaired) electrons. The molecular weight excluding hydrogens is 211 g/mol. The molecule has 0 unspecified atom stereocenters. The van der Waals surface area contributed by atoms with E-state index in [1.807, 2.05) is 0 Å². The molecule has 0 fully saturated rings. The highest BCUT2D eigenvalue weighted by Gasteiger charge is 1.99. The highest BCUT2D eigenvalue weighted by atomic mass is 79.9. The molecule has 0 aliphatic heterocycles. The largest absolute Gasteiger partial charge is 0.207 e. The third-order valence-corrected chi connectivity index (χ3v) is 2.05. The molecule has 56 valence electrons. The van der Waals surface area contributed by atoms with Crippen molar-refractivity contribution in [3.05, 3.63) is 30.2 Å². The van der Waals surface area contributed by atoms with Crippen LogP contribution in [0.4, 0.5) is 4.39 Å². The van der Waals surface area contributed by atoms with E-state index in [1.54, 1.807) is 12.3 Å². The van der Waals surface area contributed by atoms with Gasteiger partial charge in [0.1, 0.15) is 5.82 Å². The third kappa shape index (κ3) is 1.03. The van der Waals surface area contributed by atoms with Crippen molar-refractivity contribution >= 4 is 27.1 Å². The minimum Gasteiger partial charge on any atom is -0.207 e. The molecule has 0 spiro atoms. The van der Waals surface area contributed by atoms with Crippen LogP contribution in [0, 0.1) is 5.82 Å². The van der Waals surface area contributed by atoms with Gasteiger partial charge in [-0.1, -0.05) is 0 Å². The lowest BCUT2D eigenvalue weighted by atomic mass is 10.2. The number of nitrogens with zero attached hydrogens (tertiary/aromatic N) is 2. The number of halogens is 2. The topological polar surface area (TPSA) is 17.8 Å². The van der Waals surface area contributed by atoms with E-state index in [0.29, 0.717) is 0 Å². The number of rotatable bonds is 0. The van der Waals surface area contributed by atoms with E-state index < -0.39 is 0 Å². The van der Waals surface area contributed by atoms with Crippen LogP contribution in [0.15, 0.2) is 24.4 Å². The highest BCUT2D eigenvalue weighted by molar-refractivity contribution is 9.08. The van der Waals surface area contributed by atoms with Gasteiger partial charge in [-0.15, -0.1) is 0 Å². The normalized spacial score (nSPS) is 10.7. The van der Waals surface area contributed by atoms with Crippen molar-refractivity contribution in [3.63, 3.8) is 0 Å². The Kier molecular flexibility index (Phi) is 1.42. The summed E-state index contributed by atoms with van der Waals surface area (Å²) >= 11 is 3.17. The Hall–Kier alpha value is -0.900. The predicted octanol–water partition coefficient (Wildman–Crippen LogP) is 2.33. The van der Waals surface area contributed by atoms with Gasteiger partial charge >= 0.3 is 0 Å². The zero-order valence-corrected chi connectivity index (χ0v) is 7.05. The summed E-state index contributed by atoms with van der Waals surface area (Å²) in [6.07, 6.45) is 1.60. The molecule has 1 aromatic heterocycles. The molecule has 0 saturated carbocycles. The third-order valence-electron chi connectivity index (χ3n) is 1.49. The van der Waals surface area contributed by atoms with Crippen LogP contribution in [0.1, 0.15) is 0 Å². The van der Waals surface area contributed by atoms with E-state index in [4.69, 9.17) is 0 Å². The number of fused-ring (bicyclic) bond motifs is 1. The van der Waals surface area contributed by atoms with Crippen LogP contribution in [-0.4, -0.2) is 8.81 Å². The van der Waals surface area contributed by atoms with E-state index in [2.05, 4.69) is 21.2 Å². The summed E-state index contributed by atoms with van der Waals surface area (Å²) in [6.45, 7) is 0. The van der Waals surface area contributed by atoms with Crippen molar-refractivity contribution in [1.82, 2.24) is 8.81 Å². The van der Waals surface area contributed by atoms with Crippen LogP contribution in [0.2, 0.25) is 0 Å². The highest BCUT2D eigenvalue weighted by Crippen LogP contribution is 2.15. The Morgan fingerprint density at radius 3 is 3.09 bits per heavy atom. The predicted molar refractivity (Wildman–Crippen MR) is 44.0 cm³/mol. The van der Waals surface area contributed by atoms with Crippen molar-refractivity contribution in [2.24, 2.45) is 0 Å². The van der Waals surface area contributed by atoms with Gasteiger partial charge < -0.3 is 0 Å². The number of benzene rings is 1. The molecule has 11 heavy (non-hydrogen) atoms. The molecule has 1 heterocycles. The SMILES string of the molecule is Fc1ccc2c(cnn2Br)c1. The van der Waals surface area contributed by atoms with Gasteiger partial charge in [-0.2, -0.15) is 8.81 Å². The van der Waals surface area contributed by atoms with Gasteiger partial charge in [0.25, 0.3) is 0 Å². The summed E-state index contributed by atoms with van der Waals surface area (Å²) in [6, 6.07) is 4.52. The van der Waals surface area contributed by atoms with Crippen molar-refractivity contribution in [2.45, 2.75) is 0 Å². The average molecular weight is 215 g/mol. The van der Waals surface area contributed by atoms with Gasteiger partial charge in [0.15, 0.2) is 0 Å². The number of aromatic nitrogens is 2. The van der Waals surface area contributed by atoms with Crippen LogP contribution in [0.25, 0.3) is 10.9 Å². The number of hydrogen-bond acceptors (Lipinski definition) is 1. The molecule has 2 aromatic rings. The average Bonchev–Trinajstić information content (AvgIpc) is 2.32. The Morgan fingerprint density at radius 1 is 1.45 bits per heavy atom. The molecule has 2 rings (SSSR count). The lowest BCUT2D eigenvalue weighted by Gasteiger charge is -1.90. The van der Waals surface area contributed by atoms with E-state index in [0.717, 1.165) is 10.9 Å². The molecule has 0 aliphatic carbocycles. The van der Waals surface area contributed by atoms with Crippen molar-refractivity contribution in [3.8, 4) is 0 Å². The maximum absolute atomic E-state index is 12.6. The van der Waals surface area contributed by atoms with Gasteiger partial charge in [0, 0.05) is 5.39 Å². The summed E-state index contributed by atoms with van der Waals surface area (Å²) in [5.74, 6) is -0.238. The number of hydrogen-bond donors (Lipinski definition) is 0. The van der Waals surface area contributed by atoms with Gasteiger partial charge in [-0.05, 0) is 18.2 Å². The van der Waals surface area contributed by atoms with Crippen LogP contribution < -0.4 is 0 Å². The second-order valence-electron chi connectivity index (χ2n) is 2.21. The maximum atomic E-state index is 12.6. The Morgan fingerprint density at radius 2 is 2.27 bits per heavy atom. The molecule has 0 amide bonds. The Labute approximate surface area is 71.0 Å². The zero-order chi connectivity index (χ0) is 7.84. The summed E-state index contributed by atoms with van der Waals surface area (Å²) in [5.41, 5.74) is 0.867. The van der Waals surface area contributed by atoms with Crippen LogP contribution in [0.5, 0.6) is 0 Å². The molecule has 1 aromatic carbocycles. The summed E-state index contributed by atoms with van der Waals surface area (Å²) in [7, 11) is 0. The smallest absolute Gasteiger partial charge is 0.124 e. The van der Waals surface area contributed by atoms with Gasteiger partial charge in [0.05, 0.1) is 27.9 Å². The lowest BCUT2D eigenvalue weighted by molar-refractivity contribution is 0.629. The van der Waals surface area contributed by atoms with Gasteiger partial charge in [-0.25, -0.2) is 4.39 Å². The fourth-order valence-corrected chi connectivity index (χ4v) is 1.39. The van der Waals surface area contributed by atoms with Crippen molar-refractivity contribution < 1.29 is 4.39 Å². The summed E-state index contributed by atoms with van der Waals surface area (Å²) in [5, 5.41) is 4.70. The van der Waals surface area contributed by atoms with E-state index in [-0.39, 0.29) is 5.82 Å². The quantitative estimate of drug-likeness (QED) is 0.659. The monoisotopic (exact) mass is 214 g/mol. The Bertz CT molecular complexity index is 396.